The number of nitrogen functional groups attached to an aromatic ring is 1. The maximum atomic E-state index is 14.2. The second kappa shape index (κ2) is 5.14. The van der Waals surface area contributed by atoms with Crippen molar-refractivity contribution in [1.29, 1.82) is 0 Å². The Kier molecular flexibility index (Phi) is 3.44. The quantitative estimate of drug-likeness (QED) is 0.828. The fraction of sp³-hybridized carbons (Fsp3) is 0.357. The number of nitrogens with one attached hydrogen (secondary N) is 1. The number of aromatic nitrogens is 1. The lowest BCUT2D eigenvalue weighted by molar-refractivity contribution is 0.557. The van der Waals surface area contributed by atoms with Crippen molar-refractivity contribution in [1.82, 2.24) is 4.98 Å². The summed E-state index contributed by atoms with van der Waals surface area (Å²) in [6.45, 7) is 0. The molecule has 1 aliphatic rings. The molecule has 0 atom stereocenters. The Bertz CT molecular complexity index is 778. The van der Waals surface area contributed by atoms with Crippen LogP contribution in [-0.2, 0) is 9.84 Å². The predicted molar refractivity (Wildman–Crippen MR) is 81.4 cm³/mol. The zero-order valence-corrected chi connectivity index (χ0v) is 12.2. The lowest BCUT2D eigenvalue weighted by Gasteiger charge is -2.25. The van der Waals surface area contributed by atoms with Crippen molar-refractivity contribution in [3.63, 3.8) is 0 Å². The highest BCUT2D eigenvalue weighted by Gasteiger charge is 2.25. The average Bonchev–Trinajstić information content (AvgIpc) is 2.45. The van der Waals surface area contributed by atoms with Gasteiger partial charge in [-0.05, 0) is 31.0 Å². The smallest absolute Gasteiger partial charge is 0.150 e. The standard InChI is InChI=1S/C14H16FN3O2S/c15-11-8-12(16)10-2-1-5-17-13(10)14(11)18-9-3-6-21(19,20)7-4-9/h1-2,5,8-9,18H,3-4,6-7,16H2. The van der Waals surface area contributed by atoms with E-state index in [0.29, 0.717) is 35.1 Å². The van der Waals surface area contributed by atoms with Gasteiger partial charge in [0.25, 0.3) is 0 Å². The number of nitrogens with two attached hydrogens (primary N) is 1. The minimum absolute atomic E-state index is 0.0724. The zero-order valence-electron chi connectivity index (χ0n) is 11.3. The molecule has 2 heterocycles. The minimum atomic E-state index is -2.94. The number of benzene rings is 1. The molecule has 0 amide bonds. The molecule has 0 spiro atoms. The highest BCUT2D eigenvalue weighted by molar-refractivity contribution is 7.91. The molecule has 3 N–H and O–H groups in total. The van der Waals surface area contributed by atoms with Gasteiger partial charge in [-0.25, -0.2) is 12.8 Å². The number of rotatable bonds is 2. The number of sulfone groups is 1. The third-order valence-corrected chi connectivity index (χ3v) is 5.50. The summed E-state index contributed by atoms with van der Waals surface area (Å²) in [6, 6.07) is 4.73. The van der Waals surface area contributed by atoms with Gasteiger partial charge in [-0.15, -0.1) is 0 Å². The molecule has 0 unspecified atom stereocenters. The molecular formula is C14H16FN3O2S. The van der Waals surface area contributed by atoms with Gasteiger partial charge >= 0.3 is 0 Å². The van der Waals surface area contributed by atoms with E-state index in [2.05, 4.69) is 10.3 Å². The minimum Gasteiger partial charge on any atom is -0.398 e. The van der Waals surface area contributed by atoms with Crippen molar-refractivity contribution in [2.45, 2.75) is 18.9 Å². The third kappa shape index (κ3) is 2.78. The molecule has 1 aromatic heterocycles. The number of halogens is 1. The highest BCUT2D eigenvalue weighted by Crippen LogP contribution is 2.31. The van der Waals surface area contributed by atoms with Crippen molar-refractivity contribution < 1.29 is 12.8 Å². The Morgan fingerprint density at radius 2 is 2.05 bits per heavy atom. The fourth-order valence-corrected chi connectivity index (χ4v) is 4.10. The number of anilines is 2. The van der Waals surface area contributed by atoms with E-state index < -0.39 is 15.7 Å². The molecule has 3 rings (SSSR count). The van der Waals surface area contributed by atoms with Gasteiger partial charge in [-0.3, -0.25) is 4.98 Å². The highest BCUT2D eigenvalue weighted by atomic mass is 32.2. The molecule has 0 saturated carbocycles. The van der Waals surface area contributed by atoms with Gasteiger partial charge in [-0.1, -0.05) is 0 Å². The Labute approximate surface area is 122 Å². The Morgan fingerprint density at radius 3 is 2.76 bits per heavy atom. The topological polar surface area (TPSA) is 85.1 Å². The van der Waals surface area contributed by atoms with Gasteiger partial charge in [0.1, 0.15) is 9.84 Å². The second-order valence-corrected chi connectivity index (χ2v) is 7.60. The van der Waals surface area contributed by atoms with Crippen LogP contribution in [0.5, 0.6) is 0 Å². The summed E-state index contributed by atoms with van der Waals surface area (Å²) in [4.78, 5) is 4.20. The fourth-order valence-electron chi connectivity index (χ4n) is 2.61. The first-order chi connectivity index (χ1) is 9.96. The largest absolute Gasteiger partial charge is 0.398 e. The monoisotopic (exact) mass is 309 g/mol. The van der Waals surface area contributed by atoms with E-state index >= 15 is 0 Å². The molecule has 1 saturated heterocycles. The molecule has 1 fully saturated rings. The Morgan fingerprint density at radius 1 is 1.33 bits per heavy atom. The first-order valence-corrected chi connectivity index (χ1v) is 8.58. The second-order valence-electron chi connectivity index (χ2n) is 5.29. The molecule has 7 heteroatoms. The van der Waals surface area contributed by atoms with E-state index in [1.165, 1.54) is 6.07 Å². The summed E-state index contributed by atoms with van der Waals surface area (Å²) >= 11 is 0. The van der Waals surface area contributed by atoms with Gasteiger partial charge in [-0.2, -0.15) is 0 Å². The molecule has 21 heavy (non-hydrogen) atoms. The summed E-state index contributed by atoms with van der Waals surface area (Å²) in [5.41, 5.74) is 6.92. The van der Waals surface area contributed by atoms with E-state index in [-0.39, 0.29) is 17.5 Å². The zero-order chi connectivity index (χ0) is 15.0. The van der Waals surface area contributed by atoms with Crippen LogP contribution in [0.15, 0.2) is 24.4 Å². The van der Waals surface area contributed by atoms with Crippen LogP contribution in [0.25, 0.3) is 10.9 Å². The van der Waals surface area contributed by atoms with Crippen LogP contribution in [0, 0.1) is 5.82 Å². The molecule has 2 aromatic rings. The Balaban J connectivity index is 1.94. The summed E-state index contributed by atoms with van der Waals surface area (Å²) in [5.74, 6) is -0.202. The van der Waals surface area contributed by atoms with Crippen LogP contribution in [-0.4, -0.2) is 30.9 Å². The predicted octanol–water partition coefficient (Wildman–Crippen LogP) is 1.95. The van der Waals surface area contributed by atoms with Gasteiger partial charge in [0.05, 0.1) is 22.7 Å². The average molecular weight is 309 g/mol. The van der Waals surface area contributed by atoms with Crippen molar-refractivity contribution in [3.8, 4) is 0 Å². The number of fused-ring (bicyclic) bond motifs is 1. The normalized spacial score (nSPS) is 18.7. The van der Waals surface area contributed by atoms with E-state index in [0.717, 1.165) is 0 Å². The van der Waals surface area contributed by atoms with E-state index in [4.69, 9.17) is 5.73 Å². The van der Waals surface area contributed by atoms with Crippen molar-refractivity contribution >= 4 is 32.1 Å². The molecule has 0 radical (unpaired) electrons. The van der Waals surface area contributed by atoms with Crippen molar-refractivity contribution in [2.24, 2.45) is 0 Å². The van der Waals surface area contributed by atoms with E-state index in [9.17, 15) is 12.8 Å². The van der Waals surface area contributed by atoms with Crippen LogP contribution >= 0.6 is 0 Å². The molecule has 0 bridgehead atoms. The maximum Gasteiger partial charge on any atom is 0.150 e. The van der Waals surface area contributed by atoms with Crippen LogP contribution < -0.4 is 11.1 Å². The molecule has 112 valence electrons. The maximum absolute atomic E-state index is 14.2. The van der Waals surface area contributed by atoms with Gasteiger partial charge < -0.3 is 11.1 Å². The van der Waals surface area contributed by atoms with Crippen molar-refractivity contribution in [3.05, 3.63) is 30.2 Å². The summed E-state index contributed by atoms with van der Waals surface area (Å²) in [7, 11) is -2.94. The number of hydrogen-bond donors (Lipinski definition) is 2. The molecule has 1 aliphatic heterocycles. The number of nitrogens with zero attached hydrogens (tertiary/aromatic N) is 1. The molecular weight excluding hydrogens is 293 g/mol. The van der Waals surface area contributed by atoms with E-state index in [1.54, 1.807) is 18.3 Å². The van der Waals surface area contributed by atoms with Gasteiger partial charge in [0.2, 0.25) is 0 Å². The molecule has 0 aliphatic carbocycles. The Hall–Kier alpha value is -1.89. The SMILES string of the molecule is Nc1cc(F)c(NC2CCS(=O)(=O)CC2)c2ncccc12. The summed E-state index contributed by atoms with van der Waals surface area (Å²) in [5, 5.41) is 3.78. The molecule has 1 aromatic carbocycles. The van der Waals surface area contributed by atoms with Crippen LogP contribution in [0.1, 0.15) is 12.8 Å². The summed E-state index contributed by atoms with van der Waals surface area (Å²) < 4.78 is 37.1. The lowest BCUT2D eigenvalue weighted by Crippen LogP contribution is -2.32. The van der Waals surface area contributed by atoms with Crippen LogP contribution in [0.2, 0.25) is 0 Å². The number of pyridine rings is 1. The molecule has 5 nitrogen and oxygen atoms in total. The van der Waals surface area contributed by atoms with Gasteiger partial charge in [0.15, 0.2) is 5.82 Å². The lowest BCUT2D eigenvalue weighted by atomic mass is 10.1. The van der Waals surface area contributed by atoms with E-state index in [1.807, 2.05) is 0 Å². The first-order valence-electron chi connectivity index (χ1n) is 6.76. The summed E-state index contributed by atoms with van der Waals surface area (Å²) in [6.07, 6.45) is 2.53. The van der Waals surface area contributed by atoms with Crippen LogP contribution in [0.3, 0.4) is 0 Å². The van der Waals surface area contributed by atoms with Crippen molar-refractivity contribution in [2.75, 3.05) is 22.6 Å². The first kappa shape index (κ1) is 14.1. The number of hydrogen-bond acceptors (Lipinski definition) is 5. The van der Waals surface area contributed by atoms with Crippen LogP contribution in [0.4, 0.5) is 15.8 Å². The van der Waals surface area contributed by atoms with Gasteiger partial charge in [0, 0.05) is 23.3 Å². The third-order valence-electron chi connectivity index (χ3n) is 3.78.